The fourth-order valence-electron chi connectivity index (χ4n) is 3.75. The first-order valence-corrected chi connectivity index (χ1v) is 9.10. The Morgan fingerprint density at radius 3 is 2.63 bits per heavy atom. The van der Waals surface area contributed by atoms with Crippen molar-refractivity contribution in [3.63, 3.8) is 0 Å². The Balaban J connectivity index is 1.86. The van der Waals surface area contributed by atoms with E-state index in [1.165, 1.54) is 11.9 Å². The molecule has 2 aliphatic heterocycles. The largest absolute Gasteiger partial charge is 0.497 e. The van der Waals surface area contributed by atoms with Crippen molar-refractivity contribution >= 4 is 29.6 Å². The van der Waals surface area contributed by atoms with Gasteiger partial charge >= 0.3 is 12.0 Å². The van der Waals surface area contributed by atoms with E-state index in [2.05, 4.69) is 4.99 Å². The molecule has 0 radical (unpaired) electrons. The summed E-state index contributed by atoms with van der Waals surface area (Å²) in [7, 11) is 4.62. The number of aryl methyl sites for hydroxylation is 1. The zero-order chi connectivity index (χ0) is 21.7. The lowest BCUT2D eigenvalue weighted by molar-refractivity contribution is -0.676. The molecule has 1 aromatic heterocycles. The minimum atomic E-state index is -0.869. The van der Waals surface area contributed by atoms with E-state index in [9.17, 15) is 14.4 Å². The fraction of sp³-hybridized carbons (Fsp3) is 0.316. The highest BCUT2D eigenvalue weighted by atomic mass is 16.5. The van der Waals surface area contributed by atoms with Crippen molar-refractivity contribution < 1.29 is 28.4 Å². The molecule has 2 aromatic rings. The number of ether oxygens (including phenoxy) is 2. The normalized spacial score (nSPS) is 17.6. The number of methoxy groups -OCH3 is 2. The molecule has 1 saturated heterocycles. The number of nitrogens with two attached hydrogens (primary N) is 1. The van der Waals surface area contributed by atoms with E-state index in [-0.39, 0.29) is 5.84 Å². The number of rotatable bonds is 5. The molecule has 1 aromatic carbocycles. The lowest BCUT2D eigenvalue weighted by Crippen LogP contribution is -2.63. The maximum Gasteiger partial charge on any atom is 0.407 e. The number of carbonyl (C=O) groups excluding carboxylic acids is 3. The van der Waals surface area contributed by atoms with Gasteiger partial charge in [-0.25, -0.2) is 9.36 Å². The number of amides is 4. The number of hydrogen-bond acceptors (Lipinski definition) is 6. The van der Waals surface area contributed by atoms with Crippen molar-refractivity contribution in [3.8, 4) is 17.2 Å². The Morgan fingerprint density at radius 2 is 2.00 bits per heavy atom. The topological polar surface area (TPSA) is 123 Å². The van der Waals surface area contributed by atoms with Gasteiger partial charge in [0.05, 0.1) is 14.2 Å². The van der Waals surface area contributed by atoms with Gasteiger partial charge in [-0.15, -0.1) is 0 Å². The predicted molar refractivity (Wildman–Crippen MR) is 104 cm³/mol. The van der Waals surface area contributed by atoms with Crippen LogP contribution in [0.3, 0.4) is 0 Å². The average Bonchev–Trinajstić information content (AvgIpc) is 3.23. The van der Waals surface area contributed by atoms with E-state index in [4.69, 9.17) is 15.2 Å². The molecule has 0 bridgehead atoms. The Bertz CT molecular complexity index is 1120. The fourth-order valence-corrected chi connectivity index (χ4v) is 3.75. The number of hydrogen-bond donors (Lipinski definition) is 1. The van der Waals surface area contributed by atoms with Crippen LogP contribution in [0.25, 0.3) is 5.69 Å². The summed E-state index contributed by atoms with van der Waals surface area (Å²) in [5, 5.41) is 0. The molecule has 4 rings (SSSR count). The summed E-state index contributed by atoms with van der Waals surface area (Å²) in [5.74, 6) is 0.584. The number of imidazole rings is 1. The number of nitrogens with zero attached hydrogens (tertiary/aromatic N) is 5. The third-order valence-electron chi connectivity index (χ3n) is 5.15. The molecular formula is C19H21N6O5+. The molecule has 3 heterocycles. The Hall–Kier alpha value is -3.89. The van der Waals surface area contributed by atoms with Crippen LogP contribution in [0.1, 0.15) is 11.7 Å². The van der Waals surface area contributed by atoms with Crippen molar-refractivity contribution in [1.29, 1.82) is 0 Å². The van der Waals surface area contributed by atoms with Gasteiger partial charge in [0.25, 0.3) is 5.91 Å². The van der Waals surface area contributed by atoms with E-state index < -0.39 is 30.4 Å². The predicted octanol–water partition coefficient (Wildman–Crippen LogP) is 0.0544. The molecule has 0 spiro atoms. The van der Waals surface area contributed by atoms with Crippen LogP contribution in [0.4, 0.5) is 10.7 Å². The number of fused-ring (bicyclic) bond motifs is 3. The van der Waals surface area contributed by atoms with Gasteiger partial charge in [-0.3, -0.25) is 19.4 Å². The maximum atomic E-state index is 13.0. The standard InChI is InChI=1S/C19H20N6O5/c1-10-8-23-15-16(22(2)19(28)24(17(15)27)9-14(20)26)21-18(23)25(10)12-6-5-11(29-3)7-13(12)30-4/h5-8,15H,9H2,1-4H3,(H-,20,26)/p+1. The number of aromatic nitrogens is 2. The first-order chi connectivity index (χ1) is 14.3. The van der Waals surface area contributed by atoms with Crippen molar-refractivity contribution in [2.75, 3.05) is 27.8 Å². The van der Waals surface area contributed by atoms with Crippen LogP contribution in [-0.4, -0.2) is 65.9 Å². The molecule has 0 aliphatic carbocycles. The molecule has 2 aliphatic rings. The summed E-state index contributed by atoms with van der Waals surface area (Å²) in [5.41, 5.74) is 6.71. The highest BCUT2D eigenvalue weighted by Crippen LogP contribution is 2.35. The van der Waals surface area contributed by atoms with Crippen molar-refractivity contribution in [3.05, 3.63) is 30.1 Å². The van der Waals surface area contributed by atoms with Gasteiger partial charge in [-0.05, 0) is 19.1 Å². The van der Waals surface area contributed by atoms with Gasteiger partial charge in [-0.2, -0.15) is 4.57 Å². The number of aliphatic imine (C=N–C) groups is 1. The van der Waals surface area contributed by atoms with E-state index >= 15 is 0 Å². The van der Waals surface area contributed by atoms with E-state index in [1.54, 1.807) is 37.1 Å². The van der Waals surface area contributed by atoms with Crippen LogP contribution >= 0.6 is 0 Å². The molecule has 1 atom stereocenters. The Kier molecular flexibility index (Phi) is 4.45. The second kappa shape index (κ2) is 6.87. The second-order valence-electron chi connectivity index (χ2n) is 6.96. The SMILES string of the molecule is COc1ccc(-n2c(C)c[n+]3c2N=C2C3C(=O)N(CC(N)=O)C(=O)N2C)c(OC)c1. The number of likely N-dealkylation sites (N-methyl/N-ethyl adjacent to an activating group) is 1. The number of imide groups is 1. The summed E-state index contributed by atoms with van der Waals surface area (Å²) < 4.78 is 14.3. The number of carbonyl (C=O) groups is 3. The van der Waals surface area contributed by atoms with Gasteiger partial charge in [0, 0.05) is 13.1 Å². The first kappa shape index (κ1) is 19.4. The van der Waals surface area contributed by atoms with E-state index in [0.717, 1.165) is 10.6 Å². The summed E-state index contributed by atoms with van der Waals surface area (Å²) >= 11 is 0. The van der Waals surface area contributed by atoms with Crippen LogP contribution in [0.5, 0.6) is 11.5 Å². The minimum Gasteiger partial charge on any atom is -0.497 e. The molecule has 0 saturated carbocycles. The second-order valence-corrected chi connectivity index (χ2v) is 6.96. The van der Waals surface area contributed by atoms with Crippen LogP contribution in [0.2, 0.25) is 0 Å². The highest BCUT2D eigenvalue weighted by Gasteiger charge is 2.53. The lowest BCUT2D eigenvalue weighted by Gasteiger charge is -2.32. The van der Waals surface area contributed by atoms with Gasteiger partial charge < -0.3 is 15.2 Å². The summed E-state index contributed by atoms with van der Waals surface area (Å²) in [4.78, 5) is 43.7. The lowest BCUT2D eigenvalue weighted by atomic mass is 10.1. The van der Waals surface area contributed by atoms with Gasteiger partial charge in [-0.1, -0.05) is 4.99 Å². The molecular weight excluding hydrogens is 392 g/mol. The maximum absolute atomic E-state index is 13.0. The number of amidine groups is 1. The molecule has 11 nitrogen and oxygen atoms in total. The van der Waals surface area contributed by atoms with Crippen LogP contribution < -0.4 is 19.8 Å². The van der Waals surface area contributed by atoms with Crippen molar-refractivity contribution in [1.82, 2.24) is 14.4 Å². The summed E-state index contributed by atoms with van der Waals surface area (Å²) in [6, 6.07) is 3.84. The van der Waals surface area contributed by atoms with Gasteiger partial charge in [0.1, 0.15) is 29.9 Å². The first-order valence-electron chi connectivity index (χ1n) is 9.10. The molecule has 11 heteroatoms. The van der Waals surface area contributed by atoms with Crippen LogP contribution in [0, 0.1) is 6.92 Å². The van der Waals surface area contributed by atoms with E-state index in [1.807, 2.05) is 17.6 Å². The minimum absolute atomic E-state index is 0.280. The molecule has 1 fully saturated rings. The quantitative estimate of drug-likeness (QED) is 0.694. The van der Waals surface area contributed by atoms with E-state index in [0.29, 0.717) is 23.1 Å². The van der Waals surface area contributed by atoms with Crippen LogP contribution in [0.15, 0.2) is 29.4 Å². The zero-order valence-corrected chi connectivity index (χ0v) is 16.9. The van der Waals surface area contributed by atoms with Crippen LogP contribution in [-0.2, 0) is 9.59 Å². The Morgan fingerprint density at radius 1 is 1.27 bits per heavy atom. The summed E-state index contributed by atoms with van der Waals surface area (Å²) in [6.45, 7) is 1.38. The monoisotopic (exact) mass is 413 g/mol. The van der Waals surface area contributed by atoms with Gasteiger partial charge in [0.15, 0.2) is 5.75 Å². The molecule has 1 unspecified atom stereocenters. The number of benzene rings is 1. The molecule has 30 heavy (non-hydrogen) atoms. The average molecular weight is 413 g/mol. The third-order valence-corrected chi connectivity index (χ3v) is 5.15. The molecule has 156 valence electrons. The Labute approximate surface area is 171 Å². The summed E-state index contributed by atoms with van der Waals surface area (Å²) in [6.07, 6.45) is 1.77. The van der Waals surface area contributed by atoms with Crippen molar-refractivity contribution in [2.24, 2.45) is 10.7 Å². The number of urea groups is 1. The highest BCUT2D eigenvalue weighted by molar-refractivity contribution is 6.19. The van der Waals surface area contributed by atoms with Gasteiger partial charge in [0.2, 0.25) is 17.8 Å². The third kappa shape index (κ3) is 2.70. The zero-order valence-electron chi connectivity index (χ0n) is 16.9. The van der Waals surface area contributed by atoms with Crippen molar-refractivity contribution in [2.45, 2.75) is 13.0 Å². The smallest absolute Gasteiger partial charge is 0.407 e. The molecule has 2 N–H and O–H groups in total. The molecule has 4 amide bonds. The number of primary amides is 1.